The first-order valence-corrected chi connectivity index (χ1v) is 10.3. The monoisotopic (exact) mass is 415 g/mol. The zero-order chi connectivity index (χ0) is 21.8. The maximum atomic E-state index is 11.4. The number of aryl methyl sites for hydroxylation is 1. The lowest BCUT2D eigenvalue weighted by Gasteiger charge is -2.16. The third-order valence-corrected chi connectivity index (χ3v) is 5.57. The van der Waals surface area contributed by atoms with Gasteiger partial charge in [0.05, 0.1) is 12.7 Å². The first kappa shape index (κ1) is 20.7. The predicted molar refractivity (Wildman–Crippen MR) is 120 cm³/mol. The molecule has 0 aliphatic heterocycles. The third kappa shape index (κ3) is 4.61. The number of aromatic nitrogens is 1. The normalized spacial score (nSPS) is 13.4. The lowest BCUT2D eigenvalue weighted by atomic mass is 9.95. The SMILES string of the molecule is COc1ccc(COc2ccc(C)cc2C2=C(c3cncc(C(=O)O)c3)CCC2)cc1. The zero-order valence-electron chi connectivity index (χ0n) is 17.7. The summed E-state index contributed by atoms with van der Waals surface area (Å²) in [7, 11) is 1.65. The van der Waals surface area contributed by atoms with Crippen LogP contribution in [0, 0.1) is 6.92 Å². The number of benzene rings is 2. The van der Waals surface area contributed by atoms with E-state index in [-0.39, 0.29) is 5.56 Å². The van der Waals surface area contributed by atoms with Crippen LogP contribution in [-0.2, 0) is 6.61 Å². The second kappa shape index (κ2) is 9.04. The first-order valence-electron chi connectivity index (χ1n) is 10.3. The second-order valence-electron chi connectivity index (χ2n) is 7.71. The fourth-order valence-corrected chi connectivity index (χ4v) is 3.97. The van der Waals surface area contributed by atoms with Gasteiger partial charge in [-0.05, 0) is 78.8 Å². The number of carboxylic acid groups (broad SMARTS) is 1. The van der Waals surface area contributed by atoms with E-state index < -0.39 is 5.97 Å². The Morgan fingerprint density at radius 2 is 1.81 bits per heavy atom. The summed E-state index contributed by atoms with van der Waals surface area (Å²) < 4.78 is 11.4. The molecule has 0 amide bonds. The molecule has 1 N–H and O–H groups in total. The minimum absolute atomic E-state index is 0.205. The number of hydrogen-bond acceptors (Lipinski definition) is 4. The van der Waals surface area contributed by atoms with Crippen LogP contribution in [0.3, 0.4) is 0 Å². The Morgan fingerprint density at radius 1 is 1.03 bits per heavy atom. The Morgan fingerprint density at radius 3 is 2.55 bits per heavy atom. The van der Waals surface area contributed by atoms with E-state index in [4.69, 9.17) is 9.47 Å². The number of rotatable bonds is 7. The van der Waals surface area contributed by atoms with Crippen LogP contribution < -0.4 is 9.47 Å². The molecular formula is C26H25NO4. The molecule has 4 rings (SSSR count). The lowest BCUT2D eigenvalue weighted by molar-refractivity contribution is 0.0696. The Hall–Kier alpha value is -3.60. The molecule has 1 aliphatic carbocycles. The van der Waals surface area contributed by atoms with E-state index in [0.717, 1.165) is 58.6 Å². The molecule has 158 valence electrons. The molecule has 0 spiro atoms. The van der Waals surface area contributed by atoms with Crippen LogP contribution >= 0.6 is 0 Å². The van der Waals surface area contributed by atoms with Crippen molar-refractivity contribution < 1.29 is 19.4 Å². The van der Waals surface area contributed by atoms with Gasteiger partial charge in [0.1, 0.15) is 18.1 Å². The number of aromatic carboxylic acids is 1. The van der Waals surface area contributed by atoms with Crippen LogP contribution in [0.15, 0.2) is 60.9 Å². The number of allylic oxidation sites excluding steroid dienone is 2. The van der Waals surface area contributed by atoms with Crippen LogP contribution in [0.25, 0.3) is 11.1 Å². The smallest absolute Gasteiger partial charge is 0.337 e. The topological polar surface area (TPSA) is 68.7 Å². The summed E-state index contributed by atoms with van der Waals surface area (Å²) >= 11 is 0. The third-order valence-electron chi connectivity index (χ3n) is 5.57. The molecule has 1 aliphatic rings. The van der Waals surface area contributed by atoms with Gasteiger partial charge in [-0.3, -0.25) is 4.98 Å². The molecule has 0 fully saturated rings. The van der Waals surface area contributed by atoms with Crippen LogP contribution in [0.5, 0.6) is 11.5 Å². The number of hydrogen-bond donors (Lipinski definition) is 1. The van der Waals surface area contributed by atoms with Crippen molar-refractivity contribution in [3.05, 3.63) is 88.7 Å². The van der Waals surface area contributed by atoms with Gasteiger partial charge < -0.3 is 14.6 Å². The summed E-state index contributed by atoms with van der Waals surface area (Å²) in [6, 6.07) is 15.8. The maximum Gasteiger partial charge on any atom is 0.337 e. The number of methoxy groups -OCH3 is 1. The predicted octanol–water partition coefficient (Wildman–Crippen LogP) is 5.77. The molecular weight excluding hydrogens is 390 g/mol. The van der Waals surface area contributed by atoms with E-state index in [9.17, 15) is 9.90 Å². The van der Waals surface area contributed by atoms with Gasteiger partial charge in [-0.25, -0.2) is 4.79 Å². The maximum absolute atomic E-state index is 11.4. The molecule has 2 aromatic carbocycles. The molecule has 5 heteroatoms. The van der Waals surface area contributed by atoms with Crippen molar-refractivity contribution in [2.75, 3.05) is 7.11 Å². The molecule has 3 aromatic rings. The summed E-state index contributed by atoms with van der Waals surface area (Å²) in [5.74, 6) is 0.685. The minimum Gasteiger partial charge on any atom is -0.497 e. The first-order chi connectivity index (χ1) is 15.0. The Labute approximate surface area is 182 Å². The van der Waals surface area contributed by atoms with Crippen LogP contribution in [-0.4, -0.2) is 23.2 Å². The largest absolute Gasteiger partial charge is 0.497 e. The highest BCUT2D eigenvalue weighted by molar-refractivity contribution is 5.96. The number of ether oxygens (including phenoxy) is 2. The average molecular weight is 415 g/mol. The van der Waals surface area contributed by atoms with E-state index in [0.29, 0.717) is 6.61 Å². The molecule has 0 unspecified atom stereocenters. The van der Waals surface area contributed by atoms with E-state index in [1.807, 2.05) is 30.3 Å². The van der Waals surface area contributed by atoms with E-state index in [1.165, 1.54) is 11.8 Å². The van der Waals surface area contributed by atoms with Crippen molar-refractivity contribution >= 4 is 17.1 Å². The summed E-state index contributed by atoms with van der Waals surface area (Å²) in [5.41, 5.74) is 6.72. The van der Waals surface area contributed by atoms with E-state index in [1.54, 1.807) is 19.4 Å². The standard InChI is InChI=1S/C26H25NO4/c1-17-6-11-25(31-16-18-7-9-21(30-2)10-8-18)24(12-17)23-5-3-4-22(23)19-13-20(26(28)29)15-27-14-19/h6-15H,3-5,16H2,1-2H3,(H,28,29). The van der Waals surface area contributed by atoms with Crippen molar-refractivity contribution in [1.29, 1.82) is 0 Å². The highest BCUT2D eigenvalue weighted by atomic mass is 16.5. The summed E-state index contributed by atoms with van der Waals surface area (Å²) in [6.07, 6.45) is 5.98. The van der Waals surface area contributed by atoms with Gasteiger partial charge in [0.15, 0.2) is 0 Å². The molecule has 1 aromatic heterocycles. The Kier molecular flexibility index (Phi) is 6.03. The van der Waals surface area contributed by atoms with Crippen LogP contribution in [0.1, 0.15) is 51.9 Å². The minimum atomic E-state index is -0.964. The van der Waals surface area contributed by atoms with Gasteiger partial charge in [-0.1, -0.05) is 23.8 Å². The van der Waals surface area contributed by atoms with Crippen LogP contribution in [0.4, 0.5) is 0 Å². The van der Waals surface area contributed by atoms with Crippen molar-refractivity contribution in [2.45, 2.75) is 32.8 Å². The van der Waals surface area contributed by atoms with Crippen molar-refractivity contribution in [3.8, 4) is 11.5 Å². The molecule has 0 atom stereocenters. The van der Waals surface area contributed by atoms with Crippen molar-refractivity contribution in [2.24, 2.45) is 0 Å². The van der Waals surface area contributed by atoms with Crippen LogP contribution in [0.2, 0.25) is 0 Å². The van der Waals surface area contributed by atoms with Gasteiger partial charge in [0.2, 0.25) is 0 Å². The van der Waals surface area contributed by atoms with Gasteiger partial charge >= 0.3 is 5.97 Å². The number of nitrogens with zero attached hydrogens (tertiary/aromatic N) is 1. The highest BCUT2D eigenvalue weighted by Gasteiger charge is 2.22. The van der Waals surface area contributed by atoms with Crippen molar-refractivity contribution in [1.82, 2.24) is 4.98 Å². The second-order valence-corrected chi connectivity index (χ2v) is 7.71. The summed E-state index contributed by atoms with van der Waals surface area (Å²) in [4.78, 5) is 15.5. The quantitative estimate of drug-likeness (QED) is 0.530. The molecule has 5 nitrogen and oxygen atoms in total. The number of carbonyl (C=O) groups is 1. The molecule has 0 saturated carbocycles. The van der Waals surface area contributed by atoms with Gasteiger partial charge in [0.25, 0.3) is 0 Å². The molecule has 0 bridgehead atoms. The Bertz CT molecular complexity index is 1130. The zero-order valence-corrected chi connectivity index (χ0v) is 17.7. The molecule has 1 heterocycles. The fourth-order valence-electron chi connectivity index (χ4n) is 3.97. The van der Waals surface area contributed by atoms with E-state index in [2.05, 4.69) is 24.0 Å². The average Bonchev–Trinajstić information content (AvgIpc) is 3.28. The van der Waals surface area contributed by atoms with Gasteiger partial charge in [0, 0.05) is 18.0 Å². The van der Waals surface area contributed by atoms with Gasteiger partial charge in [-0.2, -0.15) is 0 Å². The molecule has 0 saturated heterocycles. The number of pyridine rings is 1. The molecule has 31 heavy (non-hydrogen) atoms. The fraction of sp³-hybridized carbons (Fsp3) is 0.231. The lowest BCUT2D eigenvalue weighted by Crippen LogP contribution is -2.00. The number of carboxylic acids is 1. The summed E-state index contributed by atoms with van der Waals surface area (Å²) in [6.45, 7) is 2.53. The van der Waals surface area contributed by atoms with Crippen molar-refractivity contribution in [3.63, 3.8) is 0 Å². The Balaban J connectivity index is 1.67. The highest BCUT2D eigenvalue weighted by Crippen LogP contribution is 2.43. The molecule has 0 radical (unpaired) electrons. The van der Waals surface area contributed by atoms with Gasteiger partial charge in [-0.15, -0.1) is 0 Å². The summed E-state index contributed by atoms with van der Waals surface area (Å²) in [5, 5.41) is 9.34. The van der Waals surface area contributed by atoms with E-state index >= 15 is 0 Å².